The van der Waals surface area contributed by atoms with Gasteiger partial charge in [0.15, 0.2) is 0 Å². The molecule has 2 saturated carbocycles. The summed E-state index contributed by atoms with van der Waals surface area (Å²) in [4.78, 5) is 0. The number of allylic oxidation sites excluding steroid dienone is 9. The molecule has 108 heavy (non-hydrogen) atoms. The molecule has 16 aromatic carbocycles. The molecule has 0 nitrogen and oxygen atoms in total. The van der Waals surface area contributed by atoms with E-state index in [0.29, 0.717) is 82.9 Å². The maximum absolute atomic E-state index is 3.43. The summed E-state index contributed by atoms with van der Waals surface area (Å²) in [7, 11) is 0. The molecular weight excluding hydrogens is 1430 g/mol. The van der Waals surface area contributed by atoms with Gasteiger partial charge in [-0.1, -0.05) is 233 Å². The molecule has 0 bridgehead atoms. The SMILES string of the molecule is BrCc1ccccc1CBr.C1=CC2C3C4=c5c6c7c8c(ccc9c8c8c6c6c%10c%11c(c%12ccc%13c1c3c(c56)c%13c%12%10)C=CC9C8%11)C1C=CC2C4C71.C1=CC2C3C=CC4c5ccc6c7c8c9c%10c(c57)C4C3=C3c%10c4c9c5c7c(ccc9c1c(c4c97)C32)=C1CCC6C82Cc3ccccc3CC152.CCc1ccccc1CC. The maximum atomic E-state index is 3.43. The van der Waals surface area contributed by atoms with E-state index >= 15 is 0 Å². The van der Waals surface area contributed by atoms with Crippen LogP contribution in [0.5, 0.6) is 0 Å². The van der Waals surface area contributed by atoms with E-state index in [1.807, 2.05) is 33.4 Å². The van der Waals surface area contributed by atoms with Gasteiger partial charge in [0.25, 0.3) is 0 Å². The second-order valence-electron chi connectivity index (χ2n) is 37.2. The average Bonchev–Trinajstić information content (AvgIpc) is 1.42. The summed E-state index contributed by atoms with van der Waals surface area (Å²) >= 11 is 6.86. The molecule has 504 valence electrons. The predicted molar refractivity (Wildman–Crippen MR) is 453 cm³/mol. The van der Waals surface area contributed by atoms with E-state index in [4.69, 9.17) is 0 Å². The Labute approximate surface area is 639 Å². The van der Waals surface area contributed by atoms with Crippen LogP contribution in [0, 0.1) is 29.6 Å². The molecule has 0 radical (unpaired) electrons. The summed E-state index contributed by atoms with van der Waals surface area (Å²) in [5.74, 6) is 7.93. The van der Waals surface area contributed by atoms with E-state index in [-0.39, 0.29) is 10.8 Å². The van der Waals surface area contributed by atoms with Crippen LogP contribution in [-0.2, 0) is 47.2 Å². The van der Waals surface area contributed by atoms with Crippen LogP contribution in [0.15, 0.2) is 169 Å². The van der Waals surface area contributed by atoms with Gasteiger partial charge in [0.1, 0.15) is 0 Å². The monoisotopic (exact) mass is 1500 g/mol. The van der Waals surface area contributed by atoms with Gasteiger partial charge in [-0.05, 0) is 336 Å². The predicted octanol–water partition coefficient (Wildman–Crippen LogP) is 24.8. The third kappa shape index (κ3) is 4.89. The topological polar surface area (TPSA) is 0 Å². The van der Waals surface area contributed by atoms with Gasteiger partial charge in [-0.15, -0.1) is 0 Å². The van der Waals surface area contributed by atoms with Crippen LogP contribution in [-0.4, -0.2) is 0 Å². The zero-order chi connectivity index (χ0) is 68.8. The fourth-order valence-electron chi connectivity index (χ4n) is 32.7. The first-order valence-corrected chi connectivity index (χ1v) is 43.6. The van der Waals surface area contributed by atoms with Crippen LogP contribution in [0.25, 0.3) is 153 Å². The highest BCUT2D eigenvalue weighted by molar-refractivity contribution is 9.09. The average molecular weight is 1500 g/mol. The zero-order valence-corrected chi connectivity index (χ0v) is 63.0. The van der Waals surface area contributed by atoms with Crippen LogP contribution in [0.3, 0.4) is 0 Å². The van der Waals surface area contributed by atoms with E-state index in [9.17, 15) is 0 Å². The van der Waals surface area contributed by atoms with Gasteiger partial charge in [0.05, 0.1) is 0 Å². The Hall–Kier alpha value is -9.44. The molecule has 2 spiro atoms. The molecule has 36 rings (SSSR count). The number of fused-ring (bicyclic) bond motifs is 10. The minimum atomic E-state index is 0.0502. The molecule has 0 heterocycles. The summed E-state index contributed by atoms with van der Waals surface area (Å²) in [6, 6.07) is 47.4. The fraction of sp³-hybridized carbons (Fsp3) is 0.245. The Morgan fingerprint density at radius 2 is 0.944 bits per heavy atom. The van der Waals surface area contributed by atoms with Crippen LogP contribution in [0.1, 0.15) is 202 Å². The molecule has 16 atom stereocenters. The number of hydrogen-bond acceptors (Lipinski definition) is 0. The number of alkyl halides is 2. The van der Waals surface area contributed by atoms with Gasteiger partial charge >= 0.3 is 0 Å². The van der Waals surface area contributed by atoms with Crippen LogP contribution in [0.4, 0.5) is 0 Å². The van der Waals surface area contributed by atoms with Crippen molar-refractivity contribution in [3.63, 3.8) is 0 Å². The van der Waals surface area contributed by atoms with Crippen LogP contribution < -0.4 is 10.4 Å². The molecule has 0 amide bonds. The van der Waals surface area contributed by atoms with Crippen molar-refractivity contribution in [2.45, 2.75) is 127 Å². The minimum absolute atomic E-state index is 0.0502. The van der Waals surface area contributed by atoms with E-state index in [1.165, 1.54) is 58.7 Å². The number of aryl methyl sites for hydroxylation is 2. The standard InChI is InChI=1S/C48H26.C40H18.C10H14.C8H8Br2/c1-2-4-18-16-48-28-14-13-27-25-11-9-23-21-7-5-19-20-6-8-22-24-10-12-26(28)36-34(24)39-32(22)30(20)37-29(19)31(21)38-33(23)35(25)45(47(27,48)15-17(18)3-1)43-41(38)40(37)42(39)44(43)46(36)48;1-2-12-14-5-6-16-18-9-10-20-19-8-7-17-15-4-3-13-11(1)21-22(12)32-24(14)26(16)34-29(18)30(20)35-28(19)27(17)33-25(15)23(13)31(21)36-37(32)39(34)40(35)38(33)36;1-3-9-7-5-6-8-10(9)4-2;9-5-7-3-1-2-4-8(7)6-10/h1-12,19-21,27,30-31H,13-16H2;1-13,18,21-23,29H;5-8H,3-4H2,1-2H3;1-4H,5-6H2. The van der Waals surface area contributed by atoms with Crippen LogP contribution >= 0.6 is 31.9 Å². The molecule has 2 heteroatoms. The normalized spacial score (nSPS) is 31.0. The molecule has 16 unspecified atom stereocenters. The second kappa shape index (κ2) is 16.8. The first kappa shape index (κ1) is 55.0. The molecule has 16 aromatic rings. The van der Waals surface area contributed by atoms with Crippen molar-refractivity contribution in [3.8, 4) is 0 Å². The molecule has 0 aromatic heterocycles. The third-order valence-electron chi connectivity index (χ3n) is 35.1. The van der Waals surface area contributed by atoms with Gasteiger partial charge in [-0.25, -0.2) is 0 Å². The first-order chi connectivity index (χ1) is 53.5. The lowest BCUT2D eigenvalue weighted by Crippen LogP contribution is -2.59. The van der Waals surface area contributed by atoms with Gasteiger partial charge in [0, 0.05) is 74.8 Å². The first-order valence-electron chi connectivity index (χ1n) is 41.4. The Morgan fingerprint density at radius 3 is 1.69 bits per heavy atom. The molecule has 0 saturated heterocycles. The van der Waals surface area contributed by atoms with E-state index < -0.39 is 0 Å². The number of rotatable bonds is 4. The Bertz CT molecular complexity index is 7810. The molecule has 0 N–H and O–H groups in total. The summed E-state index contributed by atoms with van der Waals surface area (Å²) in [5.41, 5.74) is 43.6. The number of halogens is 2. The molecule has 20 aliphatic carbocycles. The van der Waals surface area contributed by atoms with Crippen molar-refractivity contribution in [1.29, 1.82) is 0 Å². The van der Waals surface area contributed by atoms with E-state index in [2.05, 4.69) is 228 Å². The largest absolute Gasteiger partial charge is 0.0876 e. The van der Waals surface area contributed by atoms with Crippen molar-refractivity contribution >= 4 is 185 Å². The van der Waals surface area contributed by atoms with Gasteiger partial charge in [-0.3, -0.25) is 0 Å². The Morgan fingerprint density at radius 1 is 0.370 bits per heavy atom. The van der Waals surface area contributed by atoms with Crippen LogP contribution in [0.2, 0.25) is 0 Å². The Balaban J connectivity index is 0.0000000863. The number of benzene rings is 11. The minimum Gasteiger partial charge on any atom is -0.0876 e. The van der Waals surface area contributed by atoms with Crippen molar-refractivity contribution in [2.24, 2.45) is 29.6 Å². The quantitative estimate of drug-likeness (QED) is 0.122. The highest BCUT2D eigenvalue weighted by Crippen LogP contribution is 2.83. The van der Waals surface area contributed by atoms with Crippen molar-refractivity contribution in [3.05, 3.63) is 302 Å². The lowest BCUT2D eigenvalue weighted by atomic mass is 9.40. The van der Waals surface area contributed by atoms with Gasteiger partial charge in [0.2, 0.25) is 0 Å². The highest BCUT2D eigenvalue weighted by atomic mass is 79.9. The van der Waals surface area contributed by atoms with Crippen molar-refractivity contribution < 1.29 is 0 Å². The summed E-state index contributed by atoms with van der Waals surface area (Å²) in [6.07, 6.45) is 33.6. The summed E-state index contributed by atoms with van der Waals surface area (Å²) < 4.78 is 0. The zero-order valence-electron chi connectivity index (χ0n) is 59.8. The van der Waals surface area contributed by atoms with Crippen molar-refractivity contribution in [1.82, 2.24) is 0 Å². The summed E-state index contributed by atoms with van der Waals surface area (Å²) in [6.45, 7) is 4.41. The van der Waals surface area contributed by atoms with Gasteiger partial charge in [-0.2, -0.15) is 0 Å². The molecular formula is C106H66Br2. The number of hydrogen-bond donors (Lipinski definition) is 0. The van der Waals surface area contributed by atoms with Gasteiger partial charge < -0.3 is 0 Å². The maximum Gasteiger partial charge on any atom is 0.0330 e. The van der Waals surface area contributed by atoms with E-state index in [0.717, 1.165) is 23.5 Å². The molecule has 0 aliphatic heterocycles. The second-order valence-corrected chi connectivity index (χ2v) is 38.3. The summed E-state index contributed by atoms with van der Waals surface area (Å²) in [5, 5.41) is 42.1. The lowest BCUT2D eigenvalue weighted by Gasteiger charge is -2.61. The lowest BCUT2D eigenvalue weighted by molar-refractivity contribution is 0.183. The Kier molecular flexibility index (Phi) is 8.57. The smallest absolute Gasteiger partial charge is 0.0330 e. The fourth-order valence-corrected chi connectivity index (χ4v) is 33.8. The highest BCUT2D eigenvalue weighted by Gasteiger charge is 2.72. The van der Waals surface area contributed by atoms with Crippen molar-refractivity contribution in [2.75, 3.05) is 0 Å². The van der Waals surface area contributed by atoms with E-state index in [1.54, 1.807) is 207 Å². The molecule has 20 aliphatic rings. The molecule has 2 fully saturated rings. The third-order valence-corrected chi connectivity index (χ3v) is 36.4.